The molecule has 0 amide bonds. The van der Waals surface area contributed by atoms with E-state index in [0.29, 0.717) is 11.6 Å². The van der Waals surface area contributed by atoms with Crippen LogP contribution < -0.4 is 10.5 Å². The lowest BCUT2D eigenvalue weighted by molar-refractivity contribution is 0.260. The Bertz CT molecular complexity index is 495. The first-order chi connectivity index (χ1) is 8.00. The van der Waals surface area contributed by atoms with Crippen LogP contribution in [-0.4, -0.2) is 14.5 Å². The fraction of sp³-hybridized carbons (Fsp3) is 0.500. The number of nitrogen functional groups attached to an aromatic ring is 1. The van der Waals surface area contributed by atoms with Gasteiger partial charge in [-0.1, -0.05) is 18.6 Å². The highest BCUT2D eigenvalue weighted by molar-refractivity contribution is 7.89. The van der Waals surface area contributed by atoms with E-state index in [1.165, 1.54) is 12.5 Å². The Balaban J connectivity index is 2.16. The Morgan fingerprint density at radius 3 is 2.53 bits per heavy atom. The summed E-state index contributed by atoms with van der Waals surface area (Å²) in [6, 6.07) is 6.52. The zero-order chi connectivity index (χ0) is 12.5. The van der Waals surface area contributed by atoms with E-state index < -0.39 is 10.0 Å². The molecule has 1 saturated carbocycles. The van der Waals surface area contributed by atoms with Crippen LogP contribution >= 0.6 is 0 Å². The van der Waals surface area contributed by atoms with Gasteiger partial charge in [-0.2, -0.15) is 0 Å². The number of rotatable bonds is 4. The summed E-state index contributed by atoms with van der Waals surface area (Å²) in [6.07, 6.45) is 3.41. The molecule has 17 heavy (non-hydrogen) atoms. The van der Waals surface area contributed by atoms with Crippen molar-refractivity contribution in [2.45, 2.75) is 37.1 Å². The molecular formula is C12H18N2O2S. The molecule has 0 aromatic heterocycles. The molecule has 1 aliphatic rings. The van der Waals surface area contributed by atoms with E-state index in [4.69, 9.17) is 5.73 Å². The Hall–Kier alpha value is -1.07. The second-order valence-electron chi connectivity index (χ2n) is 4.64. The number of nitrogens with two attached hydrogens (primary N) is 1. The lowest BCUT2D eigenvalue weighted by Crippen LogP contribution is -2.40. The van der Waals surface area contributed by atoms with Gasteiger partial charge >= 0.3 is 0 Å². The van der Waals surface area contributed by atoms with Crippen molar-refractivity contribution >= 4 is 15.7 Å². The van der Waals surface area contributed by atoms with Crippen LogP contribution in [0.5, 0.6) is 0 Å². The van der Waals surface area contributed by atoms with Crippen molar-refractivity contribution in [3.05, 3.63) is 24.3 Å². The number of benzene rings is 1. The molecular weight excluding hydrogens is 236 g/mol. The van der Waals surface area contributed by atoms with E-state index in [9.17, 15) is 8.42 Å². The minimum atomic E-state index is -3.49. The van der Waals surface area contributed by atoms with E-state index in [1.807, 2.05) is 6.92 Å². The van der Waals surface area contributed by atoms with Crippen LogP contribution in [0.1, 0.15) is 26.2 Å². The molecule has 4 nitrogen and oxygen atoms in total. The van der Waals surface area contributed by atoms with Crippen molar-refractivity contribution in [1.29, 1.82) is 0 Å². The second kappa shape index (κ2) is 4.66. The molecule has 0 spiro atoms. The summed E-state index contributed by atoms with van der Waals surface area (Å²) in [6.45, 7) is 1.92. The maximum atomic E-state index is 12.1. The highest BCUT2D eigenvalue weighted by Gasteiger charge is 2.28. The van der Waals surface area contributed by atoms with Gasteiger partial charge in [0, 0.05) is 6.04 Å². The SMILES string of the molecule is CC(NS(=O)(=O)c1ccccc1N)C1CCC1. The maximum Gasteiger partial charge on any atom is 0.242 e. The molecule has 0 heterocycles. The normalized spacial score (nSPS) is 18.6. The van der Waals surface area contributed by atoms with Gasteiger partial charge in [-0.05, 0) is 37.8 Å². The summed E-state index contributed by atoms with van der Waals surface area (Å²) in [5, 5.41) is 0. The summed E-state index contributed by atoms with van der Waals surface area (Å²) in [5.41, 5.74) is 5.98. The third kappa shape index (κ3) is 2.61. The molecule has 1 aromatic carbocycles. The topological polar surface area (TPSA) is 72.2 Å². The Morgan fingerprint density at radius 2 is 2.00 bits per heavy atom. The maximum absolute atomic E-state index is 12.1. The van der Waals surface area contributed by atoms with Crippen LogP contribution in [-0.2, 0) is 10.0 Å². The zero-order valence-electron chi connectivity index (χ0n) is 9.89. The molecule has 0 aliphatic heterocycles. The van der Waals surface area contributed by atoms with Gasteiger partial charge in [0.25, 0.3) is 0 Å². The largest absolute Gasteiger partial charge is 0.398 e. The molecule has 1 atom stereocenters. The molecule has 94 valence electrons. The predicted octanol–water partition coefficient (Wildman–Crippen LogP) is 1.74. The summed E-state index contributed by atoms with van der Waals surface area (Å²) in [7, 11) is -3.49. The number of sulfonamides is 1. The molecule has 0 bridgehead atoms. The average Bonchev–Trinajstić information content (AvgIpc) is 2.13. The predicted molar refractivity (Wildman–Crippen MR) is 68.0 cm³/mol. The van der Waals surface area contributed by atoms with Gasteiger partial charge < -0.3 is 5.73 Å². The number of hydrogen-bond donors (Lipinski definition) is 2. The van der Waals surface area contributed by atoms with E-state index in [1.54, 1.807) is 18.2 Å². The number of para-hydroxylation sites is 1. The molecule has 1 aromatic rings. The molecule has 0 radical (unpaired) electrons. The Kier molecular flexibility index (Phi) is 3.40. The van der Waals surface area contributed by atoms with Crippen LogP contribution in [0.25, 0.3) is 0 Å². The van der Waals surface area contributed by atoms with Gasteiger partial charge in [-0.15, -0.1) is 0 Å². The lowest BCUT2D eigenvalue weighted by atomic mass is 9.81. The smallest absolute Gasteiger partial charge is 0.242 e. The van der Waals surface area contributed by atoms with E-state index in [2.05, 4.69) is 4.72 Å². The van der Waals surface area contributed by atoms with Gasteiger partial charge in [-0.3, -0.25) is 0 Å². The number of hydrogen-bond acceptors (Lipinski definition) is 3. The molecule has 1 fully saturated rings. The number of nitrogens with one attached hydrogen (secondary N) is 1. The van der Waals surface area contributed by atoms with Crippen LogP contribution in [0.15, 0.2) is 29.2 Å². The van der Waals surface area contributed by atoms with Gasteiger partial charge in [0.05, 0.1) is 5.69 Å². The molecule has 1 unspecified atom stereocenters. The minimum Gasteiger partial charge on any atom is -0.398 e. The minimum absolute atomic E-state index is 0.0200. The molecule has 3 N–H and O–H groups in total. The zero-order valence-corrected chi connectivity index (χ0v) is 10.7. The third-order valence-corrected chi connectivity index (χ3v) is 5.04. The molecule has 2 rings (SSSR count). The standard InChI is InChI=1S/C12H18N2O2S/c1-9(10-5-4-6-10)14-17(15,16)12-8-3-2-7-11(12)13/h2-3,7-10,14H,4-6,13H2,1H3. The van der Waals surface area contributed by atoms with Crippen LogP contribution in [0.4, 0.5) is 5.69 Å². The summed E-state index contributed by atoms with van der Waals surface area (Å²) < 4.78 is 26.9. The van der Waals surface area contributed by atoms with Gasteiger partial charge in [0.1, 0.15) is 4.90 Å². The second-order valence-corrected chi connectivity index (χ2v) is 6.32. The molecule has 0 saturated heterocycles. The fourth-order valence-electron chi connectivity index (χ4n) is 2.07. The van der Waals surface area contributed by atoms with Gasteiger partial charge in [-0.25, -0.2) is 13.1 Å². The van der Waals surface area contributed by atoms with E-state index in [-0.39, 0.29) is 10.9 Å². The number of anilines is 1. The fourth-order valence-corrected chi connectivity index (χ4v) is 3.51. The average molecular weight is 254 g/mol. The van der Waals surface area contributed by atoms with Crippen molar-refractivity contribution < 1.29 is 8.42 Å². The highest BCUT2D eigenvalue weighted by atomic mass is 32.2. The van der Waals surface area contributed by atoms with Crippen molar-refractivity contribution in [3.63, 3.8) is 0 Å². The first kappa shape index (κ1) is 12.4. The Morgan fingerprint density at radius 1 is 1.35 bits per heavy atom. The van der Waals surface area contributed by atoms with Crippen LogP contribution in [0.2, 0.25) is 0 Å². The van der Waals surface area contributed by atoms with E-state index in [0.717, 1.165) is 12.8 Å². The van der Waals surface area contributed by atoms with Gasteiger partial charge in [0.2, 0.25) is 10.0 Å². The van der Waals surface area contributed by atoms with Crippen LogP contribution in [0, 0.1) is 5.92 Å². The highest BCUT2D eigenvalue weighted by Crippen LogP contribution is 2.30. The monoisotopic (exact) mass is 254 g/mol. The molecule has 1 aliphatic carbocycles. The van der Waals surface area contributed by atoms with Crippen molar-refractivity contribution in [2.75, 3.05) is 5.73 Å². The lowest BCUT2D eigenvalue weighted by Gasteiger charge is -2.31. The van der Waals surface area contributed by atoms with Crippen LogP contribution in [0.3, 0.4) is 0 Å². The summed E-state index contributed by atoms with van der Waals surface area (Å²) >= 11 is 0. The van der Waals surface area contributed by atoms with Crippen molar-refractivity contribution in [3.8, 4) is 0 Å². The summed E-state index contributed by atoms with van der Waals surface area (Å²) in [4.78, 5) is 0.172. The first-order valence-electron chi connectivity index (χ1n) is 5.87. The first-order valence-corrected chi connectivity index (χ1v) is 7.36. The quantitative estimate of drug-likeness (QED) is 0.804. The molecule has 5 heteroatoms. The van der Waals surface area contributed by atoms with Gasteiger partial charge in [0.15, 0.2) is 0 Å². The summed E-state index contributed by atoms with van der Waals surface area (Å²) in [5.74, 6) is 0.467. The van der Waals surface area contributed by atoms with Crippen molar-refractivity contribution in [2.24, 2.45) is 5.92 Å². The van der Waals surface area contributed by atoms with E-state index >= 15 is 0 Å². The Labute approximate surface area is 102 Å². The van der Waals surface area contributed by atoms with Crippen molar-refractivity contribution in [1.82, 2.24) is 4.72 Å². The third-order valence-electron chi connectivity index (χ3n) is 3.41.